The Morgan fingerprint density at radius 1 is 1.28 bits per heavy atom. The quantitative estimate of drug-likeness (QED) is 0.397. The summed E-state index contributed by atoms with van der Waals surface area (Å²) in [6, 6.07) is 7.34. The number of thiophene rings is 1. The smallest absolute Gasteiger partial charge is 0.268 e. The van der Waals surface area contributed by atoms with Gasteiger partial charge in [0.05, 0.1) is 11.1 Å². The summed E-state index contributed by atoms with van der Waals surface area (Å²) in [7, 11) is 0. The predicted molar refractivity (Wildman–Crippen MR) is 121 cm³/mol. The summed E-state index contributed by atoms with van der Waals surface area (Å²) in [4.78, 5) is 16.1. The van der Waals surface area contributed by atoms with Gasteiger partial charge in [-0.25, -0.2) is 8.97 Å². The number of aromatic nitrogens is 4. The van der Waals surface area contributed by atoms with Crippen LogP contribution in [-0.4, -0.2) is 24.9 Å². The fraction of sp³-hybridized carbons (Fsp3) is 0.381. The Morgan fingerprint density at radius 3 is 2.83 bits per heavy atom. The maximum atomic E-state index is 13.7. The van der Waals surface area contributed by atoms with Crippen molar-refractivity contribution in [2.75, 3.05) is 5.75 Å². The lowest BCUT2D eigenvalue weighted by molar-refractivity contribution is 0.508. The first-order chi connectivity index (χ1) is 14.1. The second kappa shape index (κ2) is 7.45. The molecule has 5 rings (SSSR count). The average molecular weight is 445 g/mol. The maximum absolute atomic E-state index is 13.7. The highest BCUT2D eigenvalue weighted by Crippen LogP contribution is 2.38. The first kappa shape index (κ1) is 19.2. The Hall–Kier alpha value is -1.83. The number of fused-ring (bicyclic) bond motifs is 5. The molecule has 8 heteroatoms. The number of aryl methyl sites for hydroxylation is 1. The van der Waals surface area contributed by atoms with E-state index in [1.807, 2.05) is 12.1 Å². The zero-order valence-corrected chi connectivity index (χ0v) is 18.7. The largest absolute Gasteiger partial charge is 0.268 e. The van der Waals surface area contributed by atoms with Gasteiger partial charge in [0.25, 0.3) is 5.56 Å². The van der Waals surface area contributed by atoms with Gasteiger partial charge in [-0.1, -0.05) is 37.2 Å². The standard InChI is InChI=1S/C21H21ClN4OS2/c1-3-10-28-21-24-23-20-25(14-7-5-13(22)6-8-14)18(27)17-15-11-12(2)4-9-16(15)29-19(17)26(20)21/h5-8,12H,3-4,9-11H2,1-2H3. The zero-order chi connectivity index (χ0) is 20.1. The van der Waals surface area contributed by atoms with Crippen LogP contribution in [0.5, 0.6) is 0 Å². The van der Waals surface area contributed by atoms with Gasteiger partial charge in [0.15, 0.2) is 5.16 Å². The molecule has 3 aromatic heterocycles. The lowest BCUT2D eigenvalue weighted by Gasteiger charge is -2.18. The van der Waals surface area contributed by atoms with Crippen molar-refractivity contribution < 1.29 is 0 Å². The van der Waals surface area contributed by atoms with Crippen molar-refractivity contribution in [1.29, 1.82) is 0 Å². The van der Waals surface area contributed by atoms with E-state index in [1.165, 1.54) is 16.9 Å². The molecule has 0 saturated heterocycles. The lowest BCUT2D eigenvalue weighted by Crippen LogP contribution is -2.22. The van der Waals surface area contributed by atoms with Gasteiger partial charge < -0.3 is 0 Å². The fourth-order valence-electron chi connectivity index (χ4n) is 4.02. The number of hydrogen-bond acceptors (Lipinski definition) is 5. The second-order valence-corrected chi connectivity index (χ2v) is 10.2. The van der Waals surface area contributed by atoms with E-state index in [9.17, 15) is 4.79 Å². The van der Waals surface area contributed by atoms with Crippen LogP contribution in [0.25, 0.3) is 21.7 Å². The van der Waals surface area contributed by atoms with Gasteiger partial charge in [-0.3, -0.25) is 4.79 Å². The van der Waals surface area contributed by atoms with Gasteiger partial charge >= 0.3 is 0 Å². The van der Waals surface area contributed by atoms with Crippen LogP contribution in [0.15, 0.2) is 34.2 Å². The third kappa shape index (κ3) is 3.10. The summed E-state index contributed by atoms with van der Waals surface area (Å²) in [6.45, 7) is 4.42. The summed E-state index contributed by atoms with van der Waals surface area (Å²) in [5.41, 5.74) is 1.97. The van der Waals surface area contributed by atoms with Crippen molar-refractivity contribution in [1.82, 2.24) is 19.2 Å². The number of rotatable bonds is 4. The molecule has 0 N–H and O–H groups in total. The summed E-state index contributed by atoms with van der Waals surface area (Å²) in [6.07, 6.45) is 4.22. The van der Waals surface area contributed by atoms with Crippen molar-refractivity contribution in [2.45, 2.75) is 44.7 Å². The number of halogens is 1. The van der Waals surface area contributed by atoms with Gasteiger partial charge in [0.2, 0.25) is 5.78 Å². The van der Waals surface area contributed by atoms with Crippen LogP contribution in [0.4, 0.5) is 0 Å². The summed E-state index contributed by atoms with van der Waals surface area (Å²) >= 11 is 9.51. The molecule has 4 aromatic rings. The molecule has 3 heterocycles. The summed E-state index contributed by atoms with van der Waals surface area (Å²) in [5.74, 6) is 2.12. The molecule has 0 fully saturated rings. The Kier molecular flexibility index (Phi) is 4.92. The van der Waals surface area contributed by atoms with E-state index in [1.54, 1.807) is 39.8 Å². The number of benzene rings is 1. The van der Waals surface area contributed by atoms with Crippen LogP contribution < -0.4 is 5.56 Å². The van der Waals surface area contributed by atoms with Gasteiger partial charge in [-0.15, -0.1) is 21.5 Å². The van der Waals surface area contributed by atoms with Crippen molar-refractivity contribution >= 4 is 50.7 Å². The Morgan fingerprint density at radius 2 is 2.07 bits per heavy atom. The fourth-order valence-corrected chi connectivity index (χ4v) is 6.32. The molecule has 1 aliphatic rings. The van der Waals surface area contributed by atoms with E-state index in [-0.39, 0.29) is 5.56 Å². The van der Waals surface area contributed by atoms with Crippen molar-refractivity contribution in [3.63, 3.8) is 0 Å². The first-order valence-corrected chi connectivity index (χ1v) is 12.1. The minimum Gasteiger partial charge on any atom is -0.268 e. The molecule has 0 bridgehead atoms. The number of thioether (sulfide) groups is 1. The Balaban J connectivity index is 1.89. The van der Waals surface area contributed by atoms with Crippen LogP contribution in [0.2, 0.25) is 5.02 Å². The minimum atomic E-state index is -0.0131. The van der Waals surface area contributed by atoms with E-state index in [0.717, 1.165) is 46.1 Å². The molecular weight excluding hydrogens is 424 g/mol. The molecule has 1 atom stereocenters. The van der Waals surface area contributed by atoms with Gasteiger partial charge in [-0.2, -0.15) is 0 Å². The Labute approximate surface area is 181 Å². The molecule has 0 aliphatic heterocycles. The molecular formula is C21H21ClN4OS2. The van der Waals surface area contributed by atoms with E-state index < -0.39 is 0 Å². The van der Waals surface area contributed by atoms with E-state index in [0.29, 0.717) is 16.7 Å². The SMILES string of the molecule is CCCSc1nnc2n(-c3ccc(Cl)cc3)c(=O)c3c4c(sc3n12)CCC(C)C4. The van der Waals surface area contributed by atoms with Crippen LogP contribution in [0.3, 0.4) is 0 Å². The Bertz CT molecular complexity index is 1270. The number of hydrogen-bond donors (Lipinski definition) is 0. The highest BCUT2D eigenvalue weighted by atomic mass is 35.5. The molecule has 1 unspecified atom stereocenters. The van der Waals surface area contributed by atoms with Crippen LogP contribution >= 0.6 is 34.7 Å². The average Bonchev–Trinajstić information content (AvgIpc) is 3.29. The highest BCUT2D eigenvalue weighted by Gasteiger charge is 2.27. The van der Waals surface area contributed by atoms with Gasteiger partial charge in [0, 0.05) is 15.7 Å². The van der Waals surface area contributed by atoms with Gasteiger partial charge in [-0.05, 0) is 61.4 Å². The van der Waals surface area contributed by atoms with Crippen molar-refractivity contribution in [2.24, 2.45) is 5.92 Å². The van der Waals surface area contributed by atoms with Gasteiger partial charge in [0.1, 0.15) is 4.83 Å². The molecule has 0 amide bonds. The third-order valence-electron chi connectivity index (χ3n) is 5.45. The molecule has 150 valence electrons. The van der Waals surface area contributed by atoms with Crippen LogP contribution in [0, 0.1) is 5.92 Å². The van der Waals surface area contributed by atoms with E-state index in [4.69, 9.17) is 11.6 Å². The molecule has 1 aliphatic carbocycles. The molecule has 29 heavy (non-hydrogen) atoms. The molecule has 0 saturated carbocycles. The molecule has 5 nitrogen and oxygen atoms in total. The lowest BCUT2D eigenvalue weighted by atomic mass is 9.89. The molecule has 1 aromatic carbocycles. The van der Waals surface area contributed by atoms with Crippen molar-refractivity contribution in [3.8, 4) is 5.69 Å². The third-order valence-corrected chi connectivity index (χ3v) is 8.11. The highest BCUT2D eigenvalue weighted by molar-refractivity contribution is 7.99. The summed E-state index contributed by atoms with van der Waals surface area (Å²) < 4.78 is 3.77. The van der Waals surface area contributed by atoms with E-state index in [2.05, 4.69) is 28.4 Å². The zero-order valence-electron chi connectivity index (χ0n) is 16.3. The van der Waals surface area contributed by atoms with Crippen LogP contribution in [-0.2, 0) is 12.8 Å². The normalized spacial score (nSPS) is 16.6. The monoisotopic (exact) mass is 444 g/mol. The topological polar surface area (TPSA) is 52.2 Å². The summed E-state index contributed by atoms with van der Waals surface area (Å²) in [5, 5.41) is 11.2. The van der Waals surface area contributed by atoms with Crippen molar-refractivity contribution in [3.05, 3.63) is 50.1 Å². The minimum absolute atomic E-state index is 0.0131. The maximum Gasteiger partial charge on any atom is 0.268 e. The molecule has 0 radical (unpaired) electrons. The molecule has 0 spiro atoms. The first-order valence-electron chi connectivity index (χ1n) is 9.91. The predicted octanol–water partition coefficient (Wildman–Crippen LogP) is 5.38. The van der Waals surface area contributed by atoms with E-state index >= 15 is 0 Å². The second-order valence-electron chi connectivity index (χ2n) is 7.62. The number of nitrogens with zero attached hydrogens (tertiary/aromatic N) is 4. The van der Waals surface area contributed by atoms with Crippen LogP contribution in [0.1, 0.15) is 37.1 Å².